The van der Waals surface area contributed by atoms with Crippen molar-refractivity contribution in [2.75, 3.05) is 0 Å². The molecule has 0 aromatic heterocycles. The zero-order chi connectivity index (χ0) is 15.2. The first kappa shape index (κ1) is 15.2. The molecule has 4 heteroatoms. The monoisotopic (exact) mass is 287 g/mol. The number of hydrogen-bond donors (Lipinski definition) is 2. The van der Waals surface area contributed by atoms with Gasteiger partial charge in [-0.15, -0.1) is 0 Å². The Morgan fingerprint density at radius 2 is 1.95 bits per heavy atom. The zero-order valence-corrected chi connectivity index (χ0v) is 11.9. The summed E-state index contributed by atoms with van der Waals surface area (Å²) in [6, 6.07) is 12.3. The molecular weight excluding hydrogens is 269 g/mol. The van der Waals surface area contributed by atoms with Gasteiger partial charge in [0, 0.05) is 18.5 Å². The SMILES string of the molecule is CCC(=O)NCc1ccccc1-c1ccc(F)c(CO)c1. The summed E-state index contributed by atoms with van der Waals surface area (Å²) in [6.07, 6.45) is 0.438. The second kappa shape index (κ2) is 6.99. The quantitative estimate of drug-likeness (QED) is 0.888. The summed E-state index contributed by atoms with van der Waals surface area (Å²) in [5.41, 5.74) is 2.96. The van der Waals surface area contributed by atoms with E-state index in [0.717, 1.165) is 16.7 Å². The molecule has 110 valence electrons. The summed E-state index contributed by atoms with van der Waals surface area (Å²) in [5.74, 6) is -0.432. The van der Waals surface area contributed by atoms with Gasteiger partial charge in [0.2, 0.25) is 5.91 Å². The third kappa shape index (κ3) is 3.67. The van der Waals surface area contributed by atoms with Crippen molar-refractivity contribution in [3.8, 4) is 11.1 Å². The first-order valence-electron chi connectivity index (χ1n) is 6.90. The Hall–Kier alpha value is -2.20. The Morgan fingerprint density at radius 3 is 2.67 bits per heavy atom. The second-order valence-corrected chi connectivity index (χ2v) is 4.75. The predicted octanol–water partition coefficient (Wildman–Crippen LogP) is 3.01. The number of aliphatic hydroxyl groups is 1. The largest absolute Gasteiger partial charge is 0.392 e. The van der Waals surface area contributed by atoms with Crippen LogP contribution in [0.1, 0.15) is 24.5 Å². The summed E-state index contributed by atoms with van der Waals surface area (Å²) >= 11 is 0. The summed E-state index contributed by atoms with van der Waals surface area (Å²) in [7, 11) is 0. The van der Waals surface area contributed by atoms with Crippen LogP contribution in [0, 0.1) is 5.82 Å². The van der Waals surface area contributed by atoms with E-state index in [1.165, 1.54) is 6.07 Å². The molecule has 0 spiro atoms. The molecule has 0 fully saturated rings. The maximum absolute atomic E-state index is 13.5. The number of amides is 1. The predicted molar refractivity (Wildman–Crippen MR) is 79.9 cm³/mol. The van der Waals surface area contributed by atoms with Crippen LogP contribution in [0.5, 0.6) is 0 Å². The van der Waals surface area contributed by atoms with Gasteiger partial charge in [-0.05, 0) is 28.8 Å². The van der Waals surface area contributed by atoms with E-state index >= 15 is 0 Å². The fraction of sp³-hybridized carbons (Fsp3) is 0.235. The number of carbonyl (C=O) groups excluding carboxylic acids is 1. The summed E-state index contributed by atoms with van der Waals surface area (Å²) < 4.78 is 13.5. The Morgan fingerprint density at radius 1 is 1.19 bits per heavy atom. The van der Waals surface area contributed by atoms with Crippen LogP contribution in [0.15, 0.2) is 42.5 Å². The van der Waals surface area contributed by atoms with Crippen molar-refractivity contribution in [2.24, 2.45) is 0 Å². The lowest BCUT2D eigenvalue weighted by Crippen LogP contribution is -2.21. The third-order valence-electron chi connectivity index (χ3n) is 3.34. The average molecular weight is 287 g/mol. The van der Waals surface area contributed by atoms with Gasteiger partial charge in [-0.3, -0.25) is 4.79 Å². The molecule has 0 saturated heterocycles. The van der Waals surface area contributed by atoms with Crippen molar-refractivity contribution in [1.82, 2.24) is 5.32 Å². The van der Waals surface area contributed by atoms with Crippen molar-refractivity contribution < 1.29 is 14.3 Å². The third-order valence-corrected chi connectivity index (χ3v) is 3.34. The summed E-state index contributed by atoms with van der Waals surface area (Å²) in [6.45, 7) is 1.89. The fourth-order valence-corrected chi connectivity index (χ4v) is 2.14. The van der Waals surface area contributed by atoms with E-state index in [4.69, 9.17) is 0 Å². The molecule has 0 atom stereocenters. The number of halogens is 1. The zero-order valence-electron chi connectivity index (χ0n) is 11.9. The van der Waals surface area contributed by atoms with Crippen molar-refractivity contribution in [3.63, 3.8) is 0 Å². The van der Waals surface area contributed by atoms with Crippen LogP contribution in [0.3, 0.4) is 0 Å². The lowest BCUT2D eigenvalue weighted by molar-refractivity contribution is -0.120. The number of nitrogens with one attached hydrogen (secondary N) is 1. The fourth-order valence-electron chi connectivity index (χ4n) is 2.14. The minimum Gasteiger partial charge on any atom is -0.392 e. The molecule has 21 heavy (non-hydrogen) atoms. The molecule has 0 radical (unpaired) electrons. The molecule has 2 aromatic carbocycles. The van der Waals surface area contributed by atoms with Crippen LogP contribution in [0.4, 0.5) is 4.39 Å². The van der Waals surface area contributed by atoms with Gasteiger partial charge in [-0.1, -0.05) is 37.3 Å². The maximum atomic E-state index is 13.5. The molecule has 0 unspecified atom stereocenters. The molecule has 2 rings (SSSR count). The Bertz CT molecular complexity index is 640. The lowest BCUT2D eigenvalue weighted by atomic mass is 9.98. The van der Waals surface area contributed by atoms with Gasteiger partial charge < -0.3 is 10.4 Å². The molecule has 3 nitrogen and oxygen atoms in total. The Kier molecular flexibility index (Phi) is 5.06. The molecule has 0 heterocycles. The van der Waals surface area contributed by atoms with E-state index in [9.17, 15) is 14.3 Å². The van der Waals surface area contributed by atoms with Crippen LogP contribution < -0.4 is 5.32 Å². The topological polar surface area (TPSA) is 49.3 Å². The van der Waals surface area contributed by atoms with Crippen molar-refractivity contribution in [1.29, 1.82) is 0 Å². The minimum absolute atomic E-state index is 0.0139. The first-order chi connectivity index (χ1) is 10.2. The number of rotatable bonds is 5. The van der Waals surface area contributed by atoms with E-state index in [0.29, 0.717) is 13.0 Å². The van der Waals surface area contributed by atoms with Crippen LogP contribution >= 0.6 is 0 Å². The van der Waals surface area contributed by atoms with E-state index in [-0.39, 0.29) is 18.1 Å². The first-order valence-corrected chi connectivity index (χ1v) is 6.90. The molecule has 0 bridgehead atoms. The molecule has 0 aliphatic carbocycles. The molecule has 2 N–H and O–H groups in total. The van der Waals surface area contributed by atoms with Crippen LogP contribution in [0.2, 0.25) is 0 Å². The smallest absolute Gasteiger partial charge is 0.219 e. The van der Waals surface area contributed by atoms with Crippen LogP contribution in [0.25, 0.3) is 11.1 Å². The number of benzene rings is 2. The van der Waals surface area contributed by atoms with E-state index in [1.807, 2.05) is 24.3 Å². The van der Waals surface area contributed by atoms with Gasteiger partial charge in [0.15, 0.2) is 0 Å². The molecule has 1 amide bonds. The van der Waals surface area contributed by atoms with Gasteiger partial charge in [-0.25, -0.2) is 4.39 Å². The highest BCUT2D eigenvalue weighted by Crippen LogP contribution is 2.25. The van der Waals surface area contributed by atoms with E-state index in [2.05, 4.69) is 5.32 Å². The van der Waals surface area contributed by atoms with Gasteiger partial charge in [0.25, 0.3) is 0 Å². The normalized spacial score (nSPS) is 10.4. The van der Waals surface area contributed by atoms with Crippen molar-refractivity contribution in [2.45, 2.75) is 26.5 Å². The van der Waals surface area contributed by atoms with Gasteiger partial charge >= 0.3 is 0 Å². The molecular formula is C17H18FNO2. The van der Waals surface area contributed by atoms with E-state index < -0.39 is 5.82 Å². The lowest BCUT2D eigenvalue weighted by Gasteiger charge is -2.12. The number of hydrogen-bond acceptors (Lipinski definition) is 2. The Balaban J connectivity index is 2.33. The van der Waals surface area contributed by atoms with Crippen molar-refractivity contribution in [3.05, 3.63) is 59.4 Å². The van der Waals surface area contributed by atoms with Gasteiger partial charge in [0.1, 0.15) is 5.82 Å². The second-order valence-electron chi connectivity index (χ2n) is 4.75. The highest BCUT2D eigenvalue weighted by Gasteiger charge is 2.08. The molecule has 0 aliphatic heterocycles. The summed E-state index contributed by atoms with van der Waals surface area (Å²) in [4.78, 5) is 11.4. The number of aliphatic hydroxyl groups excluding tert-OH is 1. The average Bonchev–Trinajstić information content (AvgIpc) is 2.53. The highest BCUT2D eigenvalue weighted by atomic mass is 19.1. The summed E-state index contributed by atoms with van der Waals surface area (Å²) in [5, 5.41) is 12.0. The molecule has 2 aromatic rings. The van der Waals surface area contributed by atoms with E-state index in [1.54, 1.807) is 19.1 Å². The molecule has 0 saturated carbocycles. The maximum Gasteiger partial charge on any atom is 0.219 e. The van der Waals surface area contributed by atoms with Crippen LogP contribution in [-0.2, 0) is 17.9 Å². The Labute approximate surface area is 123 Å². The number of carbonyl (C=O) groups is 1. The molecule has 0 aliphatic rings. The highest BCUT2D eigenvalue weighted by molar-refractivity contribution is 5.76. The van der Waals surface area contributed by atoms with Gasteiger partial charge in [-0.2, -0.15) is 0 Å². The van der Waals surface area contributed by atoms with Gasteiger partial charge in [0.05, 0.1) is 6.61 Å². The van der Waals surface area contributed by atoms with Crippen molar-refractivity contribution >= 4 is 5.91 Å². The van der Waals surface area contributed by atoms with Crippen LogP contribution in [-0.4, -0.2) is 11.0 Å². The standard InChI is InChI=1S/C17H18FNO2/c1-2-17(21)19-10-13-5-3-4-6-15(13)12-7-8-16(18)14(9-12)11-20/h3-9,20H,2,10-11H2,1H3,(H,19,21). The minimum atomic E-state index is -0.419.